The van der Waals surface area contributed by atoms with E-state index in [1.165, 1.54) is 21.7 Å². The van der Waals surface area contributed by atoms with Crippen molar-refractivity contribution in [3.63, 3.8) is 0 Å². The lowest BCUT2D eigenvalue weighted by molar-refractivity contribution is 0.102. The number of hydrogen-bond donors (Lipinski definition) is 1. The maximum absolute atomic E-state index is 13.0. The number of hydrogen-bond acceptors (Lipinski definition) is 6. The van der Waals surface area contributed by atoms with E-state index in [4.69, 9.17) is 0 Å². The summed E-state index contributed by atoms with van der Waals surface area (Å²) in [5.74, 6) is -0.403. The number of aromatic nitrogens is 2. The van der Waals surface area contributed by atoms with E-state index in [0.717, 1.165) is 30.4 Å². The minimum absolute atomic E-state index is 0.141. The van der Waals surface area contributed by atoms with Gasteiger partial charge in [-0.25, -0.2) is 8.42 Å². The number of nitrogens with one attached hydrogen (secondary N) is 1. The van der Waals surface area contributed by atoms with Crippen molar-refractivity contribution in [3.8, 4) is 10.6 Å². The van der Waals surface area contributed by atoms with Crippen LogP contribution in [0.4, 0.5) is 5.13 Å². The van der Waals surface area contributed by atoms with Crippen molar-refractivity contribution < 1.29 is 13.2 Å². The highest BCUT2D eigenvalue weighted by Gasteiger charge is 2.27. The Bertz CT molecular complexity index is 1200. The van der Waals surface area contributed by atoms with Crippen LogP contribution in [0.15, 0.2) is 47.4 Å². The second kappa shape index (κ2) is 8.86. The SMILES string of the molecule is Cc1ccc(-c2nnc(NC(=O)c3cc(S(=O)(=O)N4CCCCC4)ccc3C)s2)cc1. The number of sulfonamides is 1. The lowest BCUT2D eigenvalue weighted by Gasteiger charge is -2.26. The lowest BCUT2D eigenvalue weighted by Crippen LogP contribution is -2.35. The Hall–Kier alpha value is -2.62. The Morgan fingerprint density at radius 1 is 1.00 bits per heavy atom. The predicted octanol–water partition coefficient (Wildman–Crippen LogP) is 4.25. The van der Waals surface area contributed by atoms with Crippen LogP contribution in [0.3, 0.4) is 0 Å². The quantitative estimate of drug-likeness (QED) is 0.620. The van der Waals surface area contributed by atoms with Crippen LogP contribution in [0.2, 0.25) is 0 Å². The molecule has 31 heavy (non-hydrogen) atoms. The summed E-state index contributed by atoms with van der Waals surface area (Å²) in [6.07, 6.45) is 2.76. The first-order valence-corrected chi connectivity index (χ1v) is 12.4. The van der Waals surface area contributed by atoms with Crippen molar-refractivity contribution in [2.75, 3.05) is 18.4 Å². The molecule has 3 aromatic rings. The highest BCUT2D eigenvalue weighted by molar-refractivity contribution is 7.89. The van der Waals surface area contributed by atoms with Crippen molar-refractivity contribution in [1.82, 2.24) is 14.5 Å². The van der Waals surface area contributed by atoms with Crippen molar-refractivity contribution >= 4 is 32.4 Å². The maximum atomic E-state index is 13.0. The summed E-state index contributed by atoms with van der Waals surface area (Å²) in [7, 11) is -3.62. The number of carbonyl (C=O) groups excluding carboxylic acids is 1. The standard InChI is InChI=1S/C22H24N4O3S2/c1-15-6-9-17(10-7-15)21-24-25-22(30-21)23-20(27)19-14-18(11-8-16(19)2)31(28,29)26-12-4-3-5-13-26/h6-11,14H,3-5,12-13H2,1-2H3,(H,23,25,27). The number of benzene rings is 2. The molecule has 1 saturated heterocycles. The molecule has 1 N–H and O–H groups in total. The third-order valence-electron chi connectivity index (χ3n) is 5.35. The van der Waals surface area contributed by atoms with E-state index in [0.29, 0.717) is 34.4 Å². The fraction of sp³-hybridized carbons (Fsp3) is 0.318. The molecule has 1 amide bonds. The predicted molar refractivity (Wildman–Crippen MR) is 122 cm³/mol. The van der Waals surface area contributed by atoms with Crippen LogP contribution >= 0.6 is 11.3 Å². The molecule has 2 aromatic carbocycles. The van der Waals surface area contributed by atoms with E-state index in [1.54, 1.807) is 19.1 Å². The Morgan fingerprint density at radius 2 is 1.71 bits per heavy atom. The molecule has 9 heteroatoms. The minimum atomic E-state index is -3.62. The molecule has 1 aliphatic rings. The van der Waals surface area contributed by atoms with Crippen LogP contribution in [-0.2, 0) is 10.0 Å². The van der Waals surface area contributed by atoms with Gasteiger partial charge in [0.15, 0.2) is 0 Å². The third-order valence-corrected chi connectivity index (χ3v) is 8.13. The molecule has 1 aromatic heterocycles. The Morgan fingerprint density at radius 3 is 2.42 bits per heavy atom. The molecule has 0 aliphatic carbocycles. The number of piperidine rings is 1. The van der Waals surface area contributed by atoms with Gasteiger partial charge in [0.2, 0.25) is 15.2 Å². The molecule has 0 radical (unpaired) electrons. The van der Waals surface area contributed by atoms with Gasteiger partial charge in [0, 0.05) is 24.2 Å². The van der Waals surface area contributed by atoms with Crippen LogP contribution in [-0.4, -0.2) is 41.9 Å². The molecule has 0 unspecified atom stereocenters. The van der Waals surface area contributed by atoms with Gasteiger partial charge < -0.3 is 0 Å². The molecule has 2 heterocycles. The summed E-state index contributed by atoms with van der Waals surface area (Å²) < 4.78 is 27.5. The Labute approximate surface area is 186 Å². The first-order chi connectivity index (χ1) is 14.8. The highest BCUT2D eigenvalue weighted by Crippen LogP contribution is 2.28. The van der Waals surface area contributed by atoms with Crippen molar-refractivity contribution in [2.45, 2.75) is 38.0 Å². The molecule has 162 valence electrons. The van der Waals surface area contributed by atoms with Gasteiger partial charge in [-0.1, -0.05) is 53.7 Å². The summed E-state index contributed by atoms with van der Waals surface area (Å²) in [5.41, 5.74) is 3.08. The summed E-state index contributed by atoms with van der Waals surface area (Å²) in [5, 5.41) is 12.0. The Kier molecular flexibility index (Phi) is 6.17. The van der Waals surface area contributed by atoms with Gasteiger partial charge in [-0.2, -0.15) is 4.31 Å². The monoisotopic (exact) mass is 456 g/mol. The molecular weight excluding hydrogens is 432 g/mol. The molecule has 0 bridgehead atoms. The topological polar surface area (TPSA) is 92.3 Å². The van der Waals surface area contributed by atoms with Gasteiger partial charge in [0.25, 0.3) is 5.91 Å². The van der Waals surface area contributed by atoms with E-state index in [2.05, 4.69) is 15.5 Å². The summed E-state index contributed by atoms with van der Waals surface area (Å²) in [6.45, 7) is 4.83. The van der Waals surface area contributed by atoms with Crippen molar-refractivity contribution in [1.29, 1.82) is 0 Å². The summed E-state index contributed by atoms with van der Waals surface area (Å²) in [6, 6.07) is 12.6. The van der Waals surface area contributed by atoms with Gasteiger partial charge in [0.05, 0.1) is 4.90 Å². The number of amides is 1. The molecule has 7 nitrogen and oxygen atoms in total. The minimum Gasteiger partial charge on any atom is -0.296 e. The van der Waals surface area contributed by atoms with Crippen LogP contribution in [0, 0.1) is 13.8 Å². The second-order valence-electron chi connectivity index (χ2n) is 7.67. The number of carbonyl (C=O) groups is 1. The lowest BCUT2D eigenvalue weighted by atomic mass is 10.1. The number of rotatable bonds is 5. The smallest absolute Gasteiger partial charge is 0.257 e. The van der Waals surface area contributed by atoms with E-state index < -0.39 is 15.9 Å². The molecular formula is C22H24N4O3S2. The van der Waals surface area contributed by atoms with E-state index in [-0.39, 0.29) is 4.90 Å². The first kappa shape index (κ1) is 21.6. The first-order valence-electron chi connectivity index (χ1n) is 10.2. The van der Waals surface area contributed by atoms with E-state index in [1.807, 2.05) is 31.2 Å². The van der Waals surface area contributed by atoms with Crippen LogP contribution in [0.1, 0.15) is 40.7 Å². The molecule has 0 atom stereocenters. The van der Waals surface area contributed by atoms with E-state index in [9.17, 15) is 13.2 Å². The fourth-order valence-electron chi connectivity index (χ4n) is 3.51. The average Bonchev–Trinajstić information content (AvgIpc) is 3.23. The molecule has 1 fully saturated rings. The van der Waals surface area contributed by atoms with E-state index >= 15 is 0 Å². The van der Waals surface area contributed by atoms with Crippen LogP contribution in [0.5, 0.6) is 0 Å². The fourth-order valence-corrected chi connectivity index (χ4v) is 5.80. The zero-order valence-electron chi connectivity index (χ0n) is 17.5. The summed E-state index contributed by atoms with van der Waals surface area (Å²) >= 11 is 1.27. The molecule has 1 aliphatic heterocycles. The van der Waals surface area contributed by atoms with Gasteiger partial charge in [0.1, 0.15) is 5.01 Å². The largest absolute Gasteiger partial charge is 0.296 e. The van der Waals surface area contributed by atoms with Crippen molar-refractivity contribution in [2.24, 2.45) is 0 Å². The zero-order chi connectivity index (χ0) is 22.0. The number of nitrogens with zero attached hydrogens (tertiary/aromatic N) is 3. The van der Waals surface area contributed by atoms with Crippen molar-refractivity contribution in [3.05, 3.63) is 59.2 Å². The normalized spacial score (nSPS) is 15.0. The molecule has 0 spiro atoms. The van der Waals surface area contributed by atoms with Gasteiger partial charge in [-0.3, -0.25) is 10.1 Å². The number of anilines is 1. The maximum Gasteiger partial charge on any atom is 0.257 e. The van der Waals surface area contributed by atoms with Crippen LogP contribution < -0.4 is 5.32 Å². The van der Waals surface area contributed by atoms with Gasteiger partial charge >= 0.3 is 0 Å². The summed E-state index contributed by atoms with van der Waals surface area (Å²) in [4.78, 5) is 13.0. The Balaban J connectivity index is 1.55. The average molecular weight is 457 g/mol. The van der Waals surface area contributed by atoms with Gasteiger partial charge in [-0.05, 0) is 44.4 Å². The molecule has 4 rings (SSSR count). The van der Waals surface area contributed by atoms with Gasteiger partial charge in [-0.15, -0.1) is 10.2 Å². The molecule has 0 saturated carbocycles. The number of aryl methyl sites for hydroxylation is 2. The van der Waals surface area contributed by atoms with Crippen LogP contribution in [0.25, 0.3) is 10.6 Å². The zero-order valence-corrected chi connectivity index (χ0v) is 19.1. The second-order valence-corrected chi connectivity index (χ2v) is 10.6. The highest BCUT2D eigenvalue weighted by atomic mass is 32.2. The third kappa shape index (κ3) is 4.68.